The number of nitrogens with zero attached hydrogens (tertiary/aromatic N) is 4. The van der Waals surface area contributed by atoms with Crippen molar-refractivity contribution >= 4 is 44.5 Å². The molecule has 5 nitrogen and oxygen atoms in total. The molecule has 0 amide bonds. The molecular formula is C47H28N4O. The first kappa shape index (κ1) is 28.9. The summed E-state index contributed by atoms with van der Waals surface area (Å²) in [4.78, 5) is 19.6. The molecule has 0 unspecified atom stereocenters. The normalized spacial score (nSPS) is 12.8. The van der Waals surface area contributed by atoms with E-state index in [1.807, 2.05) is 78.9 Å². The fourth-order valence-corrected chi connectivity index (χ4v) is 7.66. The van der Waals surface area contributed by atoms with Gasteiger partial charge in [-0.1, -0.05) is 103 Å². The molecule has 2 aromatic heterocycles. The molecule has 0 radical (unpaired) electrons. The number of rotatable bonds is 5. The first-order valence-electron chi connectivity index (χ1n) is 17.6. The van der Waals surface area contributed by atoms with Crippen molar-refractivity contribution in [2.24, 2.45) is 0 Å². The standard InChI is InChI=1S/C47H28N4O/c1-3-10-28(11-4-1)44-49-45(29-12-5-2-6-13-29)51-46(50-44)33-20-23-42-41(27-33)48-47(52-42)34-15-9-14-30(24-34)31-18-21-36-38-22-19-32-26-39(32)43(38)37-17-8-7-16-35(37)40(36)25-31/h1-6,8-15,17-25,27H,7,16H2. The monoisotopic (exact) mass is 664 g/mol. The van der Waals surface area contributed by atoms with E-state index >= 15 is 0 Å². The van der Waals surface area contributed by atoms with Crippen LogP contribution in [-0.4, -0.2) is 19.9 Å². The van der Waals surface area contributed by atoms with Gasteiger partial charge in [0.1, 0.15) is 5.52 Å². The highest BCUT2D eigenvalue weighted by molar-refractivity contribution is 6.14. The molecule has 0 fully saturated rings. The molecule has 0 bridgehead atoms. The largest absolute Gasteiger partial charge is 0.436 e. The summed E-state index contributed by atoms with van der Waals surface area (Å²) in [6.07, 6.45) is 6.73. The van der Waals surface area contributed by atoms with Crippen LogP contribution in [0.1, 0.15) is 17.5 Å². The highest BCUT2D eigenvalue weighted by Gasteiger charge is 2.19. The third kappa shape index (κ3) is 4.72. The predicted octanol–water partition coefficient (Wildman–Crippen LogP) is 9.68. The van der Waals surface area contributed by atoms with Crippen LogP contribution in [0.3, 0.4) is 0 Å². The Bertz CT molecular complexity index is 3050. The van der Waals surface area contributed by atoms with Crippen LogP contribution in [0.25, 0.3) is 101 Å². The van der Waals surface area contributed by atoms with E-state index in [1.165, 1.54) is 48.7 Å². The molecule has 0 spiro atoms. The van der Waals surface area contributed by atoms with Crippen molar-refractivity contribution in [1.29, 1.82) is 0 Å². The van der Waals surface area contributed by atoms with Crippen molar-refractivity contribution in [2.45, 2.75) is 12.8 Å². The van der Waals surface area contributed by atoms with Gasteiger partial charge in [0, 0.05) is 38.1 Å². The van der Waals surface area contributed by atoms with Gasteiger partial charge in [-0.2, -0.15) is 0 Å². The first-order chi connectivity index (χ1) is 25.7. The van der Waals surface area contributed by atoms with Crippen LogP contribution in [0.5, 0.6) is 0 Å². The molecular weight excluding hydrogens is 637 g/mol. The molecule has 2 aliphatic carbocycles. The van der Waals surface area contributed by atoms with Crippen molar-refractivity contribution in [3.8, 4) is 56.7 Å². The fraction of sp³-hybridized carbons (Fsp3) is 0.0426. The molecule has 242 valence electrons. The first-order valence-corrected chi connectivity index (χ1v) is 17.6. The van der Waals surface area contributed by atoms with E-state index in [9.17, 15) is 0 Å². The maximum Gasteiger partial charge on any atom is 0.227 e. The molecule has 11 rings (SSSR count). The van der Waals surface area contributed by atoms with Gasteiger partial charge in [0.25, 0.3) is 0 Å². The van der Waals surface area contributed by atoms with Crippen molar-refractivity contribution < 1.29 is 4.42 Å². The Morgan fingerprint density at radius 2 is 1.19 bits per heavy atom. The number of aromatic nitrogens is 4. The summed E-state index contributed by atoms with van der Waals surface area (Å²) in [5.74, 6) is 2.40. The number of fused-ring (bicyclic) bond motifs is 9. The zero-order valence-electron chi connectivity index (χ0n) is 28.0. The topological polar surface area (TPSA) is 64.7 Å². The lowest BCUT2D eigenvalue weighted by Gasteiger charge is -2.18. The summed E-state index contributed by atoms with van der Waals surface area (Å²) in [5.41, 5.74) is 13.6. The third-order valence-electron chi connectivity index (χ3n) is 10.3. The number of hydrogen-bond donors (Lipinski definition) is 0. The average molecular weight is 665 g/mol. The summed E-state index contributed by atoms with van der Waals surface area (Å²) in [6.45, 7) is 0. The Balaban J connectivity index is 0.980. The molecule has 0 saturated heterocycles. The second-order valence-corrected chi connectivity index (χ2v) is 13.4. The minimum atomic E-state index is 0.572. The summed E-state index contributed by atoms with van der Waals surface area (Å²) in [5, 5.41) is 7.83. The van der Waals surface area contributed by atoms with Crippen LogP contribution in [-0.2, 0) is 6.42 Å². The molecule has 0 aliphatic heterocycles. The Hall–Kier alpha value is -6.94. The van der Waals surface area contributed by atoms with Crippen LogP contribution in [0, 0.1) is 0 Å². The van der Waals surface area contributed by atoms with Gasteiger partial charge < -0.3 is 4.42 Å². The smallest absolute Gasteiger partial charge is 0.227 e. The van der Waals surface area contributed by atoms with Gasteiger partial charge in [-0.05, 0) is 93.7 Å². The fourth-order valence-electron chi connectivity index (χ4n) is 7.66. The zero-order valence-corrected chi connectivity index (χ0v) is 28.0. The maximum absolute atomic E-state index is 6.35. The van der Waals surface area contributed by atoms with Crippen LogP contribution in [0.15, 0.2) is 144 Å². The number of aryl methyl sites for hydroxylation is 1. The van der Waals surface area contributed by atoms with Crippen LogP contribution >= 0.6 is 0 Å². The number of hydrogen-bond acceptors (Lipinski definition) is 5. The van der Waals surface area contributed by atoms with Crippen molar-refractivity contribution in [3.05, 3.63) is 161 Å². The van der Waals surface area contributed by atoms with Gasteiger partial charge in [-0.25, -0.2) is 19.9 Å². The zero-order chi connectivity index (χ0) is 34.2. The van der Waals surface area contributed by atoms with E-state index < -0.39 is 0 Å². The molecule has 2 heterocycles. The molecule has 9 aromatic rings. The van der Waals surface area contributed by atoms with Gasteiger partial charge in [0.05, 0.1) is 0 Å². The predicted molar refractivity (Wildman–Crippen MR) is 209 cm³/mol. The number of allylic oxidation sites excluding steroid dienone is 1. The second-order valence-electron chi connectivity index (χ2n) is 13.4. The highest BCUT2D eigenvalue weighted by Crippen LogP contribution is 2.38. The molecule has 2 aliphatic rings. The Labute approximate surface area is 298 Å². The van der Waals surface area contributed by atoms with E-state index in [2.05, 4.69) is 72.5 Å². The molecule has 5 heteroatoms. The SMILES string of the molecule is C1=c2ccc3c(c4c(c5cc(-c6cccc(-c7nc8cc(-c9nc(-c%10ccccc%10)nc(-c%10ccccc%10)n9)ccc8o7)c6)ccc53)CCC=C4)c2=1. The van der Waals surface area contributed by atoms with Gasteiger partial charge in [0.15, 0.2) is 23.1 Å². The van der Waals surface area contributed by atoms with Crippen LogP contribution in [0.2, 0.25) is 0 Å². The minimum Gasteiger partial charge on any atom is -0.436 e. The van der Waals surface area contributed by atoms with Gasteiger partial charge >= 0.3 is 0 Å². The molecule has 0 saturated carbocycles. The van der Waals surface area contributed by atoms with Gasteiger partial charge in [-0.3, -0.25) is 0 Å². The van der Waals surface area contributed by atoms with E-state index in [-0.39, 0.29) is 0 Å². The highest BCUT2D eigenvalue weighted by atomic mass is 16.3. The summed E-state index contributed by atoms with van der Waals surface area (Å²) in [7, 11) is 0. The van der Waals surface area contributed by atoms with E-state index in [4.69, 9.17) is 24.4 Å². The maximum atomic E-state index is 6.35. The molecule has 7 aromatic carbocycles. The summed E-state index contributed by atoms with van der Waals surface area (Å²) >= 11 is 0. The van der Waals surface area contributed by atoms with Gasteiger partial charge in [0.2, 0.25) is 5.89 Å². The van der Waals surface area contributed by atoms with Crippen molar-refractivity contribution in [3.63, 3.8) is 0 Å². The minimum absolute atomic E-state index is 0.572. The van der Waals surface area contributed by atoms with E-state index in [0.29, 0.717) is 28.9 Å². The lowest BCUT2D eigenvalue weighted by atomic mass is 9.85. The Morgan fingerprint density at radius 1 is 0.519 bits per heavy atom. The molecule has 0 atom stereocenters. The molecule has 0 N–H and O–H groups in total. The lowest BCUT2D eigenvalue weighted by molar-refractivity contribution is 0.620. The molecule has 52 heavy (non-hydrogen) atoms. The number of benzene rings is 7. The Morgan fingerprint density at radius 3 is 1.98 bits per heavy atom. The van der Waals surface area contributed by atoms with Crippen molar-refractivity contribution in [1.82, 2.24) is 19.9 Å². The average Bonchev–Trinajstić information content (AvgIpc) is 3.90. The summed E-state index contributed by atoms with van der Waals surface area (Å²) < 4.78 is 6.35. The Kier molecular flexibility index (Phi) is 6.27. The second kappa shape index (κ2) is 11.3. The van der Waals surface area contributed by atoms with Crippen LogP contribution < -0.4 is 10.4 Å². The lowest BCUT2D eigenvalue weighted by Crippen LogP contribution is -2.11. The number of oxazole rings is 1. The van der Waals surface area contributed by atoms with Crippen molar-refractivity contribution in [2.75, 3.05) is 0 Å². The third-order valence-corrected chi connectivity index (χ3v) is 10.3. The van der Waals surface area contributed by atoms with E-state index in [0.717, 1.165) is 46.2 Å². The van der Waals surface area contributed by atoms with E-state index in [1.54, 1.807) is 0 Å². The van der Waals surface area contributed by atoms with Crippen LogP contribution in [0.4, 0.5) is 0 Å². The quantitative estimate of drug-likeness (QED) is 0.172. The summed E-state index contributed by atoms with van der Waals surface area (Å²) in [6, 6.07) is 45.8. The van der Waals surface area contributed by atoms with Gasteiger partial charge in [-0.15, -0.1) is 5.73 Å².